The van der Waals surface area contributed by atoms with Gasteiger partial charge in [-0.2, -0.15) is 13.9 Å². The van der Waals surface area contributed by atoms with E-state index in [9.17, 15) is 27.2 Å². The summed E-state index contributed by atoms with van der Waals surface area (Å²) in [5, 5.41) is 7.07. The number of aryl methyl sites for hydroxylation is 1. The molecule has 2 amide bonds. The molecule has 3 N–H and O–H groups in total. The average Bonchev–Trinajstić information content (AvgIpc) is 3.63. The Morgan fingerprint density at radius 3 is 2.59 bits per heavy atom. The molecule has 0 saturated heterocycles. The average molecular weight is 612 g/mol. The van der Waals surface area contributed by atoms with Crippen molar-refractivity contribution in [2.75, 3.05) is 20.3 Å². The molecule has 6 rings (SSSR count). The standard InChI is InChI=1S/C31H29F4N5O4/c1-14-6-16(8-21(32)24(14)33)26-27-20(31(2,13-44-27)29(36)42)10-22(38-26)19(15-4-5-15)11-37-28(41)17-7-18-12-40(30(34)35)39-25(18)23(9-17)43-3/h6-10,12,15,19,30H,4-5,11,13H2,1-3H3,(H2,36,42)(H,37,41)/t19-,31-/m0/s1. The van der Waals surface area contributed by atoms with Crippen molar-refractivity contribution in [2.24, 2.45) is 11.7 Å². The summed E-state index contributed by atoms with van der Waals surface area (Å²) in [6, 6.07) is 7.12. The minimum absolute atomic E-state index is 0.0459. The van der Waals surface area contributed by atoms with Gasteiger partial charge in [-0.25, -0.2) is 18.4 Å². The molecule has 1 aliphatic heterocycles. The zero-order valence-corrected chi connectivity index (χ0v) is 24.1. The highest BCUT2D eigenvalue weighted by atomic mass is 19.3. The van der Waals surface area contributed by atoms with E-state index in [1.165, 1.54) is 32.2 Å². The number of hydrogen-bond donors (Lipinski definition) is 2. The number of pyridine rings is 1. The number of carbonyl (C=O) groups excluding carboxylic acids is 2. The lowest BCUT2D eigenvalue weighted by atomic mass is 9.82. The Morgan fingerprint density at radius 2 is 1.95 bits per heavy atom. The first kappa shape index (κ1) is 29.4. The third-order valence-corrected chi connectivity index (χ3v) is 8.45. The molecule has 2 atom stereocenters. The Hall–Kier alpha value is -4.68. The zero-order chi connectivity index (χ0) is 31.5. The second-order valence-corrected chi connectivity index (χ2v) is 11.5. The van der Waals surface area contributed by atoms with Crippen molar-refractivity contribution in [1.82, 2.24) is 20.1 Å². The fourth-order valence-electron chi connectivity index (χ4n) is 5.68. The van der Waals surface area contributed by atoms with Crippen LogP contribution in [0.1, 0.15) is 59.4 Å². The molecule has 1 saturated carbocycles. The molecule has 2 aliphatic rings. The van der Waals surface area contributed by atoms with Gasteiger partial charge in [0.2, 0.25) is 5.91 Å². The Labute approximate surface area is 249 Å². The molecule has 44 heavy (non-hydrogen) atoms. The Balaban J connectivity index is 1.37. The monoisotopic (exact) mass is 611 g/mol. The second kappa shape index (κ2) is 10.8. The molecule has 1 fully saturated rings. The highest BCUT2D eigenvalue weighted by Crippen LogP contribution is 2.48. The van der Waals surface area contributed by atoms with Gasteiger partial charge in [0.05, 0.1) is 7.11 Å². The summed E-state index contributed by atoms with van der Waals surface area (Å²) in [5.74, 6) is -2.82. The molecule has 4 aromatic rings. The molecular weight excluding hydrogens is 582 g/mol. The number of amides is 2. The van der Waals surface area contributed by atoms with E-state index in [0.717, 1.165) is 25.1 Å². The summed E-state index contributed by atoms with van der Waals surface area (Å²) in [6.07, 6.45) is 2.88. The molecule has 1 aliphatic carbocycles. The summed E-state index contributed by atoms with van der Waals surface area (Å²) in [7, 11) is 1.36. The summed E-state index contributed by atoms with van der Waals surface area (Å²) in [4.78, 5) is 30.7. The number of hydrogen-bond acceptors (Lipinski definition) is 6. The number of benzene rings is 2. The number of ether oxygens (including phenoxy) is 2. The molecule has 0 unspecified atom stereocenters. The first-order valence-electron chi connectivity index (χ1n) is 14.0. The summed E-state index contributed by atoms with van der Waals surface area (Å²) in [6.45, 7) is 0.337. The van der Waals surface area contributed by atoms with Crippen molar-refractivity contribution in [2.45, 2.75) is 44.6 Å². The van der Waals surface area contributed by atoms with E-state index in [0.29, 0.717) is 21.3 Å². The van der Waals surface area contributed by atoms with E-state index < -0.39 is 35.4 Å². The molecular formula is C31H29F4N5O4. The zero-order valence-electron chi connectivity index (χ0n) is 24.1. The van der Waals surface area contributed by atoms with E-state index in [-0.39, 0.29) is 64.4 Å². The number of methoxy groups -OCH3 is 1. The molecule has 2 aromatic carbocycles. The van der Waals surface area contributed by atoms with Gasteiger partial charge < -0.3 is 20.5 Å². The number of nitrogens with one attached hydrogen (secondary N) is 1. The maximum atomic E-state index is 14.5. The van der Waals surface area contributed by atoms with Crippen LogP contribution < -0.4 is 20.5 Å². The van der Waals surface area contributed by atoms with Crippen LogP contribution >= 0.6 is 0 Å². The van der Waals surface area contributed by atoms with Crippen LogP contribution in [0, 0.1) is 24.5 Å². The van der Waals surface area contributed by atoms with Gasteiger partial charge in [0.1, 0.15) is 34.7 Å². The third-order valence-electron chi connectivity index (χ3n) is 8.45. The van der Waals surface area contributed by atoms with Crippen LogP contribution in [-0.4, -0.2) is 46.8 Å². The second-order valence-electron chi connectivity index (χ2n) is 11.5. The topological polar surface area (TPSA) is 121 Å². The van der Waals surface area contributed by atoms with Crippen LogP contribution in [-0.2, 0) is 10.2 Å². The maximum Gasteiger partial charge on any atom is 0.333 e. The predicted molar refractivity (Wildman–Crippen MR) is 152 cm³/mol. The van der Waals surface area contributed by atoms with Crippen molar-refractivity contribution in [1.29, 1.82) is 0 Å². The van der Waals surface area contributed by atoms with Crippen LogP contribution in [0.25, 0.3) is 22.2 Å². The summed E-state index contributed by atoms with van der Waals surface area (Å²) in [5.41, 5.74) is 6.59. The van der Waals surface area contributed by atoms with E-state index >= 15 is 0 Å². The fraction of sp³-hybridized carbons (Fsp3) is 0.355. The summed E-state index contributed by atoms with van der Waals surface area (Å²) >= 11 is 0. The van der Waals surface area contributed by atoms with E-state index in [4.69, 9.17) is 20.2 Å². The number of nitrogens with two attached hydrogens (primary N) is 1. The number of primary amides is 1. The minimum atomic E-state index is -2.86. The van der Waals surface area contributed by atoms with E-state index in [2.05, 4.69) is 10.4 Å². The lowest BCUT2D eigenvalue weighted by molar-refractivity contribution is -0.123. The maximum absolute atomic E-state index is 14.5. The van der Waals surface area contributed by atoms with Crippen LogP contribution in [0.3, 0.4) is 0 Å². The van der Waals surface area contributed by atoms with Gasteiger partial charge >= 0.3 is 6.55 Å². The van der Waals surface area contributed by atoms with Crippen molar-refractivity contribution >= 4 is 22.7 Å². The van der Waals surface area contributed by atoms with Gasteiger partial charge in [-0.1, -0.05) is 0 Å². The molecule has 3 heterocycles. The number of fused-ring (bicyclic) bond motifs is 2. The highest BCUT2D eigenvalue weighted by molar-refractivity contribution is 6.00. The van der Waals surface area contributed by atoms with Gasteiger partial charge in [0, 0.05) is 46.4 Å². The lowest BCUT2D eigenvalue weighted by Gasteiger charge is -2.22. The summed E-state index contributed by atoms with van der Waals surface area (Å²) < 4.78 is 66.8. The Morgan fingerprint density at radius 1 is 1.20 bits per heavy atom. The molecule has 0 bridgehead atoms. The minimum Gasteiger partial charge on any atom is -0.494 e. The first-order valence-corrected chi connectivity index (χ1v) is 14.0. The van der Waals surface area contributed by atoms with Crippen molar-refractivity contribution < 1.29 is 36.6 Å². The van der Waals surface area contributed by atoms with Crippen LogP contribution in [0.2, 0.25) is 0 Å². The van der Waals surface area contributed by atoms with Crippen LogP contribution in [0.15, 0.2) is 36.5 Å². The number of alkyl halides is 2. The predicted octanol–water partition coefficient (Wildman–Crippen LogP) is 5.15. The number of rotatable bonds is 9. The molecule has 0 radical (unpaired) electrons. The number of aromatic nitrogens is 3. The van der Waals surface area contributed by atoms with E-state index in [1.807, 2.05) is 0 Å². The Kier molecular flexibility index (Phi) is 7.21. The van der Waals surface area contributed by atoms with Crippen molar-refractivity contribution in [3.63, 3.8) is 0 Å². The first-order chi connectivity index (χ1) is 20.9. The van der Waals surface area contributed by atoms with Gasteiger partial charge in [0.25, 0.3) is 5.91 Å². The molecule has 0 spiro atoms. The molecule has 13 heteroatoms. The lowest BCUT2D eigenvalue weighted by Crippen LogP contribution is -2.40. The van der Waals surface area contributed by atoms with Crippen LogP contribution in [0.4, 0.5) is 17.6 Å². The SMILES string of the molecule is COc1cc(C(=O)NC[C@H](c2cc3c(c(-c4cc(C)c(F)c(F)c4)n2)OC[C@]3(C)C(N)=O)C2CC2)cc2cn(C(F)F)nc12. The van der Waals surface area contributed by atoms with Crippen molar-refractivity contribution in [3.05, 3.63) is 70.5 Å². The van der Waals surface area contributed by atoms with Gasteiger partial charge in [-0.05, 0) is 68.5 Å². The molecule has 230 valence electrons. The number of halogens is 4. The van der Waals surface area contributed by atoms with Gasteiger partial charge in [-0.3, -0.25) is 9.59 Å². The smallest absolute Gasteiger partial charge is 0.333 e. The molecule has 9 nitrogen and oxygen atoms in total. The Bertz CT molecular complexity index is 1800. The van der Waals surface area contributed by atoms with Crippen LogP contribution in [0.5, 0.6) is 11.5 Å². The quantitative estimate of drug-likeness (QED) is 0.253. The van der Waals surface area contributed by atoms with Gasteiger partial charge in [0.15, 0.2) is 11.6 Å². The third kappa shape index (κ3) is 4.99. The highest BCUT2D eigenvalue weighted by Gasteiger charge is 2.45. The number of nitrogens with zero attached hydrogens (tertiary/aromatic N) is 3. The van der Waals surface area contributed by atoms with E-state index in [1.54, 1.807) is 13.0 Å². The molecule has 2 aromatic heterocycles. The van der Waals surface area contributed by atoms with Gasteiger partial charge in [-0.15, -0.1) is 0 Å². The fourth-order valence-corrected chi connectivity index (χ4v) is 5.68. The van der Waals surface area contributed by atoms with Crippen molar-refractivity contribution in [3.8, 4) is 22.8 Å². The number of carbonyl (C=O) groups is 2. The largest absolute Gasteiger partial charge is 0.494 e. The normalized spacial score (nSPS) is 18.3.